The zero-order chi connectivity index (χ0) is 23.2. The van der Waals surface area contributed by atoms with Gasteiger partial charge in [0.15, 0.2) is 0 Å². The first-order valence-electron chi connectivity index (χ1n) is 11.2. The molecule has 0 aliphatic heterocycles. The molecule has 0 aromatic heterocycles. The second-order valence-corrected chi connectivity index (χ2v) is 8.68. The van der Waals surface area contributed by atoms with Gasteiger partial charge in [-0.05, 0) is 54.2 Å². The summed E-state index contributed by atoms with van der Waals surface area (Å²) in [4.78, 5) is 0. The molecule has 0 heterocycles. The fourth-order valence-corrected chi connectivity index (χ4v) is 5.37. The third-order valence-corrected chi connectivity index (χ3v) is 6.88. The Balaban J connectivity index is 1.90. The fourth-order valence-electron chi connectivity index (χ4n) is 5.37. The van der Waals surface area contributed by atoms with Gasteiger partial charge in [0, 0.05) is 11.1 Å². The Hall–Kier alpha value is -3.34. The molecular formula is C29H28O4. The molecule has 2 unspecified atom stereocenters. The van der Waals surface area contributed by atoms with Crippen LogP contribution >= 0.6 is 0 Å². The van der Waals surface area contributed by atoms with E-state index < -0.39 is 11.2 Å². The molecule has 4 heteroatoms. The van der Waals surface area contributed by atoms with Crippen LogP contribution in [0.4, 0.5) is 0 Å². The minimum absolute atomic E-state index is 0.585. The van der Waals surface area contributed by atoms with E-state index >= 15 is 0 Å². The lowest BCUT2D eigenvalue weighted by atomic mass is 9.62. The minimum atomic E-state index is -1.51. The Kier molecular flexibility index (Phi) is 5.15. The molecule has 2 N–H and O–H groups in total. The van der Waals surface area contributed by atoms with Crippen molar-refractivity contribution in [2.75, 3.05) is 14.2 Å². The fraction of sp³-hybridized carbons (Fsp3) is 0.241. The largest absolute Gasteiger partial charge is 0.497 e. The highest BCUT2D eigenvalue weighted by Gasteiger charge is 2.53. The monoisotopic (exact) mass is 440 g/mol. The molecule has 2 aliphatic carbocycles. The van der Waals surface area contributed by atoms with Crippen LogP contribution in [-0.4, -0.2) is 24.4 Å². The second kappa shape index (κ2) is 7.91. The molecule has 0 spiro atoms. The normalized spacial score (nSPS) is 23.7. The number of aryl methyl sites for hydroxylation is 1. The first-order chi connectivity index (χ1) is 16.0. The van der Waals surface area contributed by atoms with Crippen LogP contribution in [0, 0.1) is 6.92 Å². The van der Waals surface area contributed by atoms with Gasteiger partial charge in [0.05, 0.1) is 14.2 Å². The topological polar surface area (TPSA) is 58.9 Å². The summed E-state index contributed by atoms with van der Waals surface area (Å²) in [7, 11) is 3.23. The van der Waals surface area contributed by atoms with Gasteiger partial charge in [-0.3, -0.25) is 0 Å². The highest BCUT2D eigenvalue weighted by Crippen LogP contribution is 2.56. The van der Waals surface area contributed by atoms with Gasteiger partial charge in [-0.2, -0.15) is 0 Å². The van der Waals surface area contributed by atoms with Crippen molar-refractivity contribution in [3.05, 3.63) is 124 Å². The Morgan fingerprint density at radius 1 is 0.667 bits per heavy atom. The zero-order valence-electron chi connectivity index (χ0n) is 19.1. The first-order valence-corrected chi connectivity index (χ1v) is 11.2. The smallest absolute Gasteiger partial charge is 0.144 e. The summed E-state index contributed by atoms with van der Waals surface area (Å²) in [6.45, 7) is 1.99. The standard InChI is InChI=1S/C29H28O4/c1-19-16-17-22-25(18-19)29(31,24-13-7-9-15-27(24)33-3)21-11-5-4-10-20(21)28(22,30)23-12-6-8-14-26(23)32-2/h4-5,7,9-18,30-31H,6,8H2,1-3H3. The van der Waals surface area contributed by atoms with Crippen molar-refractivity contribution in [1.82, 2.24) is 0 Å². The number of ether oxygens (including phenoxy) is 2. The molecule has 4 nitrogen and oxygen atoms in total. The predicted molar refractivity (Wildman–Crippen MR) is 128 cm³/mol. The van der Waals surface area contributed by atoms with Crippen LogP contribution in [0.5, 0.6) is 5.75 Å². The number of aliphatic hydroxyl groups is 2. The lowest BCUT2D eigenvalue weighted by molar-refractivity contribution is 0.0670. The van der Waals surface area contributed by atoms with Gasteiger partial charge >= 0.3 is 0 Å². The molecule has 0 radical (unpaired) electrons. The van der Waals surface area contributed by atoms with Crippen molar-refractivity contribution in [3.63, 3.8) is 0 Å². The number of benzene rings is 3. The Morgan fingerprint density at radius 3 is 1.97 bits per heavy atom. The molecule has 168 valence electrons. The van der Waals surface area contributed by atoms with E-state index in [2.05, 4.69) is 0 Å². The molecule has 0 saturated heterocycles. The number of hydrogen-bond donors (Lipinski definition) is 2. The average Bonchev–Trinajstić information content (AvgIpc) is 2.87. The molecule has 2 atom stereocenters. The van der Waals surface area contributed by atoms with Gasteiger partial charge in [0.1, 0.15) is 22.7 Å². The van der Waals surface area contributed by atoms with Crippen molar-refractivity contribution >= 4 is 0 Å². The predicted octanol–water partition coefficient (Wildman–Crippen LogP) is 5.09. The molecule has 33 heavy (non-hydrogen) atoms. The third kappa shape index (κ3) is 2.98. The highest BCUT2D eigenvalue weighted by molar-refractivity contribution is 5.68. The number of allylic oxidation sites excluding steroid dienone is 2. The minimum Gasteiger partial charge on any atom is -0.497 e. The summed E-state index contributed by atoms with van der Waals surface area (Å²) in [6, 6.07) is 20.9. The van der Waals surface area contributed by atoms with Gasteiger partial charge in [0.25, 0.3) is 0 Å². The number of methoxy groups -OCH3 is 2. The first kappa shape index (κ1) is 21.5. The van der Waals surface area contributed by atoms with E-state index in [9.17, 15) is 10.2 Å². The van der Waals surface area contributed by atoms with Gasteiger partial charge in [-0.15, -0.1) is 0 Å². The van der Waals surface area contributed by atoms with E-state index in [0.29, 0.717) is 44.9 Å². The van der Waals surface area contributed by atoms with E-state index in [1.165, 1.54) is 0 Å². The lowest BCUT2D eigenvalue weighted by Crippen LogP contribution is -2.45. The lowest BCUT2D eigenvalue weighted by Gasteiger charge is -2.46. The summed E-state index contributed by atoms with van der Waals surface area (Å²) < 4.78 is 11.4. The van der Waals surface area contributed by atoms with Crippen LogP contribution in [0.1, 0.15) is 46.2 Å². The molecule has 3 aromatic carbocycles. The van der Waals surface area contributed by atoms with Crippen LogP contribution in [-0.2, 0) is 15.9 Å². The second-order valence-electron chi connectivity index (χ2n) is 8.68. The summed E-state index contributed by atoms with van der Waals surface area (Å²) >= 11 is 0. The molecular weight excluding hydrogens is 412 g/mol. The van der Waals surface area contributed by atoms with Crippen molar-refractivity contribution < 1.29 is 19.7 Å². The van der Waals surface area contributed by atoms with Crippen molar-refractivity contribution in [2.24, 2.45) is 0 Å². The van der Waals surface area contributed by atoms with Crippen molar-refractivity contribution in [2.45, 2.75) is 31.0 Å². The van der Waals surface area contributed by atoms with E-state index in [0.717, 1.165) is 18.4 Å². The molecule has 5 rings (SSSR count). The van der Waals surface area contributed by atoms with Crippen LogP contribution in [0.25, 0.3) is 0 Å². The SMILES string of the molecule is COC1=CCCC=C1C1(O)c2ccccc2C(O)(c2ccccc2OC)c2cc(C)ccc21. The molecule has 3 aromatic rings. The Labute approximate surface area is 194 Å². The van der Waals surface area contributed by atoms with Gasteiger partial charge in [-0.25, -0.2) is 0 Å². The van der Waals surface area contributed by atoms with Crippen LogP contribution < -0.4 is 4.74 Å². The maximum absolute atomic E-state index is 12.6. The summed E-state index contributed by atoms with van der Waals surface area (Å²) in [5.41, 5.74) is 1.86. The average molecular weight is 441 g/mol. The van der Waals surface area contributed by atoms with Gasteiger partial charge < -0.3 is 19.7 Å². The quantitative estimate of drug-likeness (QED) is 0.594. The maximum Gasteiger partial charge on any atom is 0.144 e. The summed E-state index contributed by atoms with van der Waals surface area (Å²) in [5.74, 6) is 1.25. The van der Waals surface area contributed by atoms with Crippen LogP contribution in [0.2, 0.25) is 0 Å². The highest BCUT2D eigenvalue weighted by atomic mass is 16.5. The van der Waals surface area contributed by atoms with E-state index in [-0.39, 0.29) is 0 Å². The van der Waals surface area contributed by atoms with Gasteiger partial charge in [-0.1, -0.05) is 72.3 Å². The van der Waals surface area contributed by atoms with Crippen LogP contribution in [0.3, 0.4) is 0 Å². The zero-order valence-corrected chi connectivity index (χ0v) is 19.1. The molecule has 0 amide bonds. The molecule has 0 fully saturated rings. The number of rotatable bonds is 4. The number of para-hydroxylation sites is 1. The molecule has 0 saturated carbocycles. The summed E-state index contributed by atoms with van der Waals surface area (Å²) in [5, 5.41) is 25.1. The Bertz CT molecular complexity index is 1290. The molecule has 0 bridgehead atoms. The third-order valence-electron chi connectivity index (χ3n) is 6.88. The maximum atomic E-state index is 12.6. The Morgan fingerprint density at radius 2 is 1.27 bits per heavy atom. The number of fused-ring (bicyclic) bond motifs is 2. The van der Waals surface area contributed by atoms with E-state index in [1.54, 1.807) is 14.2 Å². The number of hydrogen-bond acceptors (Lipinski definition) is 4. The summed E-state index contributed by atoms with van der Waals surface area (Å²) in [6.07, 6.45) is 5.73. The molecule has 2 aliphatic rings. The van der Waals surface area contributed by atoms with Gasteiger partial charge in [0.2, 0.25) is 0 Å². The van der Waals surface area contributed by atoms with Crippen LogP contribution in [0.15, 0.2) is 90.2 Å². The van der Waals surface area contributed by atoms with E-state index in [4.69, 9.17) is 9.47 Å². The van der Waals surface area contributed by atoms with Crippen molar-refractivity contribution in [1.29, 1.82) is 0 Å². The van der Waals surface area contributed by atoms with E-state index in [1.807, 2.05) is 85.8 Å². The van der Waals surface area contributed by atoms with Crippen molar-refractivity contribution in [3.8, 4) is 5.75 Å².